The predicted octanol–water partition coefficient (Wildman–Crippen LogP) is 2.31. The minimum absolute atomic E-state index is 0.0125. The molecule has 0 saturated heterocycles. The number of hydrogen-bond donors (Lipinski definition) is 3. The number of hydrogen-bond acceptors (Lipinski definition) is 6. The average Bonchev–Trinajstić information content (AvgIpc) is 2.62. The van der Waals surface area contributed by atoms with Crippen LogP contribution in [0, 0.1) is 6.92 Å². The lowest BCUT2D eigenvalue weighted by Crippen LogP contribution is -2.44. The second-order valence-electron chi connectivity index (χ2n) is 7.02. The van der Waals surface area contributed by atoms with Gasteiger partial charge in [-0.05, 0) is 58.2 Å². The smallest absolute Gasteiger partial charge is 0.329 e. The lowest BCUT2D eigenvalue weighted by Gasteiger charge is -2.16. The fourth-order valence-corrected chi connectivity index (χ4v) is 2.39. The highest BCUT2D eigenvalue weighted by atomic mass is 16.5. The summed E-state index contributed by atoms with van der Waals surface area (Å²) >= 11 is 0. The molecule has 0 saturated carbocycles. The first-order valence-electron chi connectivity index (χ1n) is 9.31. The van der Waals surface area contributed by atoms with Crippen molar-refractivity contribution in [2.24, 2.45) is 5.73 Å². The number of carbonyl (C=O) groups is 3. The zero-order valence-electron chi connectivity index (χ0n) is 17.3. The highest BCUT2D eigenvalue weighted by Crippen LogP contribution is 2.19. The lowest BCUT2D eigenvalue weighted by molar-refractivity contribution is -0.146. The summed E-state index contributed by atoms with van der Waals surface area (Å²) in [6.07, 6.45) is 6.55. The Morgan fingerprint density at radius 1 is 1.28 bits per heavy atom. The number of aromatic hydroxyl groups is 1. The second kappa shape index (κ2) is 11.6. The summed E-state index contributed by atoms with van der Waals surface area (Å²) in [5.41, 5.74) is 7.67. The van der Waals surface area contributed by atoms with Crippen LogP contribution < -0.4 is 11.1 Å². The maximum Gasteiger partial charge on any atom is 0.329 e. The number of aromatic nitrogens is 1. The molecule has 1 heterocycles. The van der Waals surface area contributed by atoms with Crippen LogP contribution in [0.4, 0.5) is 0 Å². The third kappa shape index (κ3) is 8.59. The molecular formula is C21H29N3O5. The van der Waals surface area contributed by atoms with Gasteiger partial charge in [-0.15, -0.1) is 0 Å². The van der Waals surface area contributed by atoms with E-state index in [1.54, 1.807) is 13.0 Å². The summed E-state index contributed by atoms with van der Waals surface area (Å²) in [5.74, 6) is -2.67. The molecule has 0 bridgehead atoms. The Kier molecular flexibility index (Phi) is 9.58. The van der Waals surface area contributed by atoms with Crippen molar-refractivity contribution < 1.29 is 24.2 Å². The average molecular weight is 403 g/mol. The van der Waals surface area contributed by atoms with Crippen molar-refractivity contribution in [3.8, 4) is 5.75 Å². The molecule has 4 N–H and O–H groups in total. The van der Waals surface area contributed by atoms with Gasteiger partial charge in [-0.25, -0.2) is 9.78 Å². The van der Waals surface area contributed by atoms with Crippen molar-refractivity contribution >= 4 is 17.8 Å². The quantitative estimate of drug-likeness (QED) is 0.406. The Bertz CT molecular complexity index is 811. The van der Waals surface area contributed by atoms with Crippen LogP contribution in [0.1, 0.15) is 56.1 Å². The van der Waals surface area contributed by atoms with E-state index in [0.717, 1.165) is 18.4 Å². The normalized spacial score (nSPS) is 12.1. The van der Waals surface area contributed by atoms with Gasteiger partial charge in [0.15, 0.2) is 5.69 Å². The molecule has 0 aromatic carbocycles. The number of nitrogens with two attached hydrogens (primary N) is 1. The minimum Gasteiger partial charge on any atom is -0.505 e. The van der Waals surface area contributed by atoms with E-state index in [0.29, 0.717) is 5.56 Å². The number of nitrogens with one attached hydrogen (secondary N) is 1. The topological polar surface area (TPSA) is 132 Å². The first-order valence-corrected chi connectivity index (χ1v) is 9.31. The summed E-state index contributed by atoms with van der Waals surface area (Å²) in [6, 6.07) is 0.259. The van der Waals surface area contributed by atoms with Crippen LogP contribution in [0.5, 0.6) is 5.75 Å². The van der Waals surface area contributed by atoms with Crippen LogP contribution in [0.15, 0.2) is 35.6 Å². The Balaban J connectivity index is 2.73. The van der Waals surface area contributed by atoms with Crippen molar-refractivity contribution in [1.82, 2.24) is 10.3 Å². The first-order chi connectivity index (χ1) is 13.6. The summed E-state index contributed by atoms with van der Waals surface area (Å²) in [6.45, 7) is 7.61. The molecule has 0 aliphatic rings. The molecule has 2 amide bonds. The largest absolute Gasteiger partial charge is 0.505 e. The van der Waals surface area contributed by atoms with E-state index in [1.165, 1.54) is 17.8 Å². The van der Waals surface area contributed by atoms with Crippen molar-refractivity contribution in [3.05, 3.63) is 46.8 Å². The Hall–Kier alpha value is -3.16. The fraction of sp³-hybridized carbons (Fsp3) is 0.429. The molecule has 158 valence electrons. The van der Waals surface area contributed by atoms with Gasteiger partial charge in [0.1, 0.15) is 18.4 Å². The van der Waals surface area contributed by atoms with E-state index >= 15 is 0 Å². The van der Waals surface area contributed by atoms with E-state index in [9.17, 15) is 19.5 Å². The fourth-order valence-electron chi connectivity index (χ4n) is 2.39. The number of amides is 2. The number of nitrogens with zero attached hydrogens (tertiary/aromatic N) is 1. The van der Waals surface area contributed by atoms with Crippen molar-refractivity contribution in [1.29, 1.82) is 0 Å². The minimum atomic E-state index is -1.28. The van der Waals surface area contributed by atoms with Gasteiger partial charge < -0.3 is 20.9 Å². The molecule has 0 fully saturated rings. The maximum atomic E-state index is 12.4. The lowest BCUT2D eigenvalue weighted by atomic mass is 10.1. The van der Waals surface area contributed by atoms with E-state index in [4.69, 9.17) is 10.5 Å². The molecule has 0 aliphatic heterocycles. The zero-order chi connectivity index (χ0) is 22.0. The molecule has 0 radical (unpaired) electrons. The predicted molar refractivity (Wildman–Crippen MR) is 109 cm³/mol. The monoisotopic (exact) mass is 403 g/mol. The number of ether oxygens (including phenoxy) is 1. The van der Waals surface area contributed by atoms with Crippen molar-refractivity contribution in [3.63, 3.8) is 0 Å². The molecule has 8 nitrogen and oxygen atoms in total. The van der Waals surface area contributed by atoms with E-state index < -0.39 is 30.2 Å². The van der Waals surface area contributed by atoms with E-state index in [-0.39, 0.29) is 18.1 Å². The number of rotatable bonds is 10. The molecule has 0 aliphatic carbocycles. The number of allylic oxidation sites excluding steroid dienone is 3. The van der Waals surface area contributed by atoms with Crippen LogP contribution in [-0.2, 0) is 14.3 Å². The van der Waals surface area contributed by atoms with Crippen LogP contribution in [0.3, 0.4) is 0 Å². The highest BCUT2D eigenvalue weighted by Gasteiger charge is 2.26. The van der Waals surface area contributed by atoms with Gasteiger partial charge in [-0.3, -0.25) is 9.59 Å². The van der Waals surface area contributed by atoms with Gasteiger partial charge in [-0.2, -0.15) is 0 Å². The summed E-state index contributed by atoms with van der Waals surface area (Å²) < 4.78 is 5.16. The van der Waals surface area contributed by atoms with Gasteiger partial charge in [0.25, 0.3) is 5.91 Å². The van der Waals surface area contributed by atoms with Crippen LogP contribution in [0.2, 0.25) is 0 Å². The Morgan fingerprint density at radius 3 is 2.59 bits per heavy atom. The maximum absolute atomic E-state index is 12.4. The van der Waals surface area contributed by atoms with Gasteiger partial charge in [-0.1, -0.05) is 17.2 Å². The second-order valence-corrected chi connectivity index (χ2v) is 7.02. The number of esters is 1. The van der Waals surface area contributed by atoms with Gasteiger partial charge >= 0.3 is 5.97 Å². The van der Waals surface area contributed by atoms with Crippen molar-refractivity contribution in [2.75, 3.05) is 6.61 Å². The summed E-state index contributed by atoms with van der Waals surface area (Å²) in [4.78, 5) is 39.8. The molecule has 1 atom stereocenters. The molecule has 1 rings (SSSR count). The third-order valence-corrected chi connectivity index (χ3v) is 4.08. The van der Waals surface area contributed by atoms with Gasteiger partial charge in [0.05, 0.1) is 6.42 Å². The van der Waals surface area contributed by atoms with E-state index in [1.807, 2.05) is 20.8 Å². The highest BCUT2D eigenvalue weighted by molar-refractivity contribution is 5.98. The first kappa shape index (κ1) is 23.9. The molecule has 1 aromatic rings. The molecular weight excluding hydrogens is 374 g/mol. The molecule has 1 unspecified atom stereocenters. The Morgan fingerprint density at radius 2 is 1.97 bits per heavy atom. The number of aryl methyl sites for hydroxylation is 1. The number of pyridine rings is 1. The van der Waals surface area contributed by atoms with Crippen LogP contribution >= 0.6 is 0 Å². The van der Waals surface area contributed by atoms with Crippen LogP contribution in [0.25, 0.3) is 0 Å². The zero-order valence-corrected chi connectivity index (χ0v) is 17.3. The van der Waals surface area contributed by atoms with Crippen LogP contribution in [-0.4, -0.2) is 40.5 Å². The Labute approximate surface area is 170 Å². The number of carbonyl (C=O) groups excluding carboxylic acids is 3. The van der Waals surface area contributed by atoms with Crippen molar-refractivity contribution in [2.45, 2.75) is 53.0 Å². The van der Waals surface area contributed by atoms with Gasteiger partial charge in [0, 0.05) is 6.20 Å². The number of primary amides is 1. The molecule has 29 heavy (non-hydrogen) atoms. The standard InChI is InChI=1S/C21H29N3O5/c1-13(2)6-5-7-14(3)9-11-29-21(28)16(12-17(22)25)24-20(27)18-19(26)15(4)8-10-23-18/h6,8-10,16,26H,5,7,11-12H2,1-4H3,(H2,22,25)(H,24,27)/b14-9-. The summed E-state index contributed by atoms with van der Waals surface area (Å²) in [5, 5.41) is 12.3. The molecule has 8 heteroatoms. The molecule has 0 spiro atoms. The molecule has 1 aromatic heterocycles. The summed E-state index contributed by atoms with van der Waals surface area (Å²) in [7, 11) is 0. The van der Waals surface area contributed by atoms with E-state index in [2.05, 4.69) is 16.4 Å². The van der Waals surface area contributed by atoms with Gasteiger partial charge in [0.2, 0.25) is 5.91 Å². The third-order valence-electron chi connectivity index (χ3n) is 4.08. The SMILES string of the molecule is CC(C)=CCC/C(C)=C\COC(=O)C(CC(N)=O)NC(=O)c1nccc(C)c1O.